The second kappa shape index (κ2) is 8.67. The van der Waals surface area contributed by atoms with E-state index < -0.39 is 17.8 Å². The fourth-order valence-electron chi connectivity index (χ4n) is 3.15. The number of hydrogen-bond donors (Lipinski definition) is 2. The minimum absolute atomic E-state index is 0.0489. The molecule has 0 aliphatic heterocycles. The number of nitrogens with zero attached hydrogens (tertiary/aromatic N) is 3. The molecular formula is C22H18F3N5O2. The average molecular weight is 441 g/mol. The average Bonchev–Trinajstić information content (AvgIpc) is 3.17. The summed E-state index contributed by atoms with van der Waals surface area (Å²) in [5, 5.41) is 6.20. The molecule has 0 radical (unpaired) electrons. The first-order valence-electron chi connectivity index (χ1n) is 9.56. The van der Waals surface area contributed by atoms with Crippen molar-refractivity contribution in [2.45, 2.75) is 12.7 Å². The lowest BCUT2D eigenvalue weighted by Gasteiger charge is -2.11. The number of hydrogen-bond acceptors (Lipinski definition) is 5. The fourth-order valence-corrected chi connectivity index (χ4v) is 3.15. The summed E-state index contributed by atoms with van der Waals surface area (Å²) >= 11 is 0. The third-order valence-corrected chi connectivity index (χ3v) is 4.60. The molecule has 2 N–H and O–H groups in total. The van der Waals surface area contributed by atoms with Crippen LogP contribution in [0.4, 0.5) is 23.7 Å². The van der Waals surface area contributed by atoms with Crippen molar-refractivity contribution in [3.8, 4) is 11.6 Å². The third kappa shape index (κ3) is 4.70. The van der Waals surface area contributed by atoms with Gasteiger partial charge in [0.2, 0.25) is 5.88 Å². The maximum absolute atomic E-state index is 12.9. The van der Waals surface area contributed by atoms with Gasteiger partial charge in [0.1, 0.15) is 12.1 Å². The Morgan fingerprint density at radius 2 is 1.94 bits per heavy atom. The molecular weight excluding hydrogens is 423 g/mol. The molecule has 32 heavy (non-hydrogen) atoms. The lowest BCUT2D eigenvalue weighted by atomic mass is 10.2. The molecule has 0 unspecified atom stereocenters. The Hall–Kier alpha value is -3.92. The number of nitrogens with one attached hydrogen (secondary N) is 2. The predicted octanol–water partition coefficient (Wildman–Crippen LogP) is 5.04. The lowest BCUT2D eigenvalue weighted by Crippen LogP contribution is -2.18. The highest BCUT2D eigenvalue weighted by atomic mass is 19.4. The van der Waals surface area contributed by atoms with E-state index >= 15 is 0 Å². The predicted molar refractivity (Wildman–Crippen MR) is 113 cm³/mol. The monoisotopic (exact) mass is 441 g/mol. The summed E-state index contributed by atoms with van der Waals surface area (Å²) in [6.07, 6.45) is -1.54. The van der Waals surface area contributed by atoms with E-state index in [1.807, 2.05) is 7.05 Å². The quantitative estimate of drug-likeness (QED) is 0.453. The van der Waals surface area contributed by atoms with Crippen LogP contribution in [-0.4, -0.2) is 27.6 Å². The molecule has 10 heteroatoms. The molecule has 0 spiro atoms. The largest absolute Gasteiger partial charge is 0.439 e. The Bertz CT molecular complexity index is 1270. The number of ether oxygens (including phenoxy) is 1. The summed E-state index contributed by atoms with van der Waals surface area (Å²) in [6.45, 7) is 0.571. The van der Waals surface area contributed by atoms with E-state index in [0.717, 1.165) is 17.8 Å². The summed E-state index contributed by atoms with van der Waals surface area (Å²) in [5.74, 6) is 0.897. The van der Waals surface area contributed by atoms with Crippen molar-refractivity contribution >= 4 is 22.6 Å². The van der Waals surface area contributed by atoms with Crippen LogP contribution in [0.1, 0.15) is 11.3 Å². The van der Waals surface area contributed by atoms with Crippen LogP contribution in [0.5, 0.6) is 11.6 Å². The van der Waals surface area contributed by atoms with Crippen LogP contribution in [0.15, 0.2) is 67.1 Å². The molecule has 0 saturated carbocycles. The highest BCUT2D eigenvalue weighted by Crippen LogP contribution is 2.31. The van der Waals surface area contributed by atoms with Crippen LogP contribution in [-0.2, 0) is 12.7 Å². The zero-order valence-electron chi connectivity index (χ0n) is 16.8. The maximum atomic E-state index is 12.9. The first-order chi connectivity index (χ1) is 15.3. The van der Waals surface area contributed by atoms with Gasteiger partial charge in [0.05, 0.1) is 16.8 Å². The Morgan fingerprint density at radius 3 is 2.72 bits per heavy atom. The van der Waals surface area contributed by atoms with E-state index in [1.54, 1.807) is 30.3 Å². The van der Waals surface area contributed by atoms with E-state index in [0.29, 0.717) is 29.1 Å². The minimum Gasteiger partial charge on any atom is -0.439 e. The van der Waals surface area contributed by atoms with Crippen LogP contribution in [0.2, 0.25) is 0 Å². The van der Waals surface area contributed by atoms with Crippen LogP contribution in [0.25, 0.3) is 10.9 Å². The fraction of sp³-hybridized carbons (Fsp3) is 0.136. The second-order valence-electron chi connectivity index (χ2n) is 6.90. The first-order valence-corrected chi connectivity index (χ1v) is 9.56. The lowest BCUT2D eigenvalue weighted by molar-refractivity contribution is -0.137. The molecule has 0 aliphatic carbocycles. The summed E-state index contributed by atoms with van der Waals surface area (Å²) in [6, 6.07) is 12.4. The number of rotatable bonds is 5. The Balaban J connectivity index is 1.53. The van der Waals surface area contributed by atoms with Crippen molar-refractivity contribution in [2.24, 2.45) is 0 Å². The molecule has 0 atom stereocenters. The summed E-state index contributed by atoms with van der Waals surface area (Å²) < 4.78 is 45.8. The number of alkyl halides is 3. The summed E-state index contributed by atoms with van der Waals surface area (Å²) in [7, 11) is 1.81. The zero-order valence-corrected chi connectivity index (χ0v) is 16.8. The standard InChI is InChI=1S/C22H18F3N5O2/c1-26-12-17-11-20(28-13-27-17)32-18-5-6-19-14(9-18)7-8-30(19)21(31)29-16-4-2-3-15(10-16)22(23,24)25/h2-11,13,26H,12H2,1H3,(H,29,31). The molecule has 0 bridgehead atoms. The molecule has 0 saturated heterocycles. The van der Waals surface area contributed by atoms with Crippen molar-refractivity contribution in [3.63, 3.8) is 0 Å². The van der Waals surface area contributed by atoms with Gasteiger partial charge in [-0.25, -0.2) is 14.8 Å². The van der Waals surface area contributed by atoms with Gasteiger partial charge in [-0.3, -0.25) is 4.57 Å². The molecule has 1 amide bonds. The molecule has 2 heterocycles. The van der Waals surface area contributed by atoms with E-state index in [-0.39, 0.29) is 5.69 Å². The molecule has 4 aromatic rings. The highest BCUT2D eigenvalue weighted by Gasteiger charge is 2.30. The Kier molecular flexibility index (Phi) is 5.78. The summed E-state index contributed by atoms with van der Waals surface area (Å²) in [5.41, 5.74) is 0.557. The normalized spacial score (nSPS) is 11.5. The van der Waals surface area contributed by atoms with Crippen LogP contribution in [0.3, 0.4) is 0 Å². The van der Waals surface area contributed by atoms with E-state index in [9.17, 15) is 18.0 Å². The van der Waals surface area contributed by atoms with Crippen LogP contribution < -0.4 is 15.4 Å². The molecule has 4 rings (SSSR count). The van der Waals surface area contributed by atoms with Gasteiger partial charge in [0, 0.05) is 29.9 Å². The van der Waals surface area contributed by atoms with Gasteiger partial charge in [0.25, 0.3) is 0 Å². The number of aromatic nitrogens is 3. The Labute approximate surface area is 180 Å². The number of fused-ring (bicyclic) bond motifs is 1. The van der Waals surface area contributed by atoms with E-state index in [2.05, 4.69) is 20.6 Å². The van der Waals surface area contributed by atoms with Crippen molar-refractivity contribution in [3.05, 3.63) is 78.4 Å². The molecule has 0 fully saturated rings. The summed E-state index contributed by atoms with van der Waals surface area (Å²) in [4.78, 5) is 20.9. The van der Waals surface area contributed by atoms with E-state index in [1.165, 1.54) is 29.2 Å². The van der Waals surface area contributed by atoms with Gasteiger partial charge in [-0.15, -0.1) is 0 Å². The van der Waals surface area contributed by atoms with Crippen molar-refractivity contribution in [1.29, 1.82) is 0 Å². The van der Waals surface area contributed by atoms with Crippen LogP contribution in [0, 0.1) is 0 Å². The van der Waals surface area contributed by atoms with Gasteiger partial charge < -0.3 is 15.4 Å². The van der Waals surface area contributed by atoms with Crippen molar-refractivity contribution in [1.82, 2.24) is 19.9 Å². The van der Waals surface area contributed by atoms with Gasteiger partial charge in [-0.2, -0.15) is 13.2 Å². The number of carbonyl (C=O) groups excluding carboxylic acids is 1. The number of carbonyl (C=O) groups is 1. The third-order valence-electron chi connectivity index (χ3n) is 4.60. The van der Waals surface area contributed by atoms with Crippen LogP contribution >= 0.6 is 0 Å². The number of anilines is 1. The Morgan fingerprint density at radius 1 is 1.09 bits per heavy atom. The minimum atomic E-state index is -4.49. The van der Waals surface area contributed by atoms with E-state index in [4.69, 9.17) is 4.74 Å². The zero-order chi connectivity index (χ0) is 22.7. The van der Waals surface area contributed by atoms with Crippen molar-refractivity contribution in [2.75, 3.05) is 12.4 Å². The molecule has 2 aromatic heterocycles. The van der Waals surface area contributed by atoms with Gasteiger partial charge >= 0.3 is 12.2 Å². The van der Waals surface area contributed by atoms with Gasteiger partial charge in [-0.05, 0) is 49.5 Å². The first kappa shape index (κ1) is 21.3. The maximum Gasteiger partial charge on any atom is 0.416 e. The smallest absolute Gasteiger partial charge is 0.416 e. The molecule has 164 valence electrons. The van der Waals surface area contributed by atoms with Gasteiger partial charge in [0.15, 0.2) is 0 Å². The van der Waals surface area contributed by atoms with Gasteiger partial charge in [-0.1, -0.05) is 6.07 Å². The molecule has 0 aliphatic rings. The number of benzene rings is 2. The topological polar surface area (TPSA) is 81.1 Å². The SMILES string of the molecule is CNCc1cc(Oc2ccc3c(ccn3C(=O)Nc3cccc(C(F)(F)F)c3)c2)ncn1. The number of halogens is 3. The second-order valence-corrected chi connectivity index (χ2v) is 6.90. The highest BCUT2D eigenvalue weighted by molar-refractivity contribution is 5.98. The number of amides is 1. The van der Waals surface area contributed by atoms with Crippen molar-refractivity contribution < 1.29 is 22.7 Å². The molecule has 7 nitrogen and oxygen atoms in total. The molecule has 2 aromatic carbocycles.